The number of hydrogen-bond donors (Lipinski definition) is 1. The predicted octanol–water partition coefficient (Wildman–Crippen LogP) is 2.10. The van der Waals surface area contributed by atoms with E-state index in [1.165, 1.54) is 0 Å². The Morgan fingerprint density at radius 1 is 1.47 bits per heavy atom. The van der Waals surface area contributed by atoms with E-state index >= 15 is 0 Å². The minimum atomic E-state index is -0.401. The van der Waals surface area contributed by atoms with Crippen molar-refractivity contribution >= 4 is 6.09 Å². The van der Waals surface area contributed by atoms with Crippen molar-refractivity contribution in [3.05, 3.63) is 0 Å². The second-order valence-corrected chi connectivity index (χ2v) is 6.01. The zero-order valence-corrected chi connectivity index (χ0v) is 11.7. The standard InChI is InChI=1S/C13H26N2O2/c1-10-9-15(7-6-11(10)8-14-5)12(16)17-13(2,3)4/h10-11,14H,6-9H2,1-5H3. The maximum atomic E-state index is 11.9. The quantitative estimate of drug-likeness (QED) is 0.806. The first kappa shape index (κ1) is 14.3. The zero-order valence-electron chi connectivity index (χ0n) is 11.7. The second kappa shape index (κ2) is 5.71. The molecule has 0 saturated carbocycles. The Morgan fingerprint density at radius 3 is 2.59 bits per heavy atom. The van der Waals surface area contributed by atoms with Gasteiger partial charge in [0.1, 0.15) is 5.60 Å². The van der Waals surface area contributed by atoms with Gasteiger partial charge in [0.15, 0.2) is 0 Å². The molecule has 1 N–H and O–H groups in total. The van der Waals surface area contributed by atoms with Crippen molar-refractivity contribution in [3.63, 3.8) is 0 Å². The molecule has 100 valence electrons. The van der Waals surface area contributed by atoms with E-state index in [1.54, 1.807) is 0 Å². The molecule has 4 heteroatoms. The highest BCUT2D eigenvalue weighted by Crippen LogP contribution is 2.24. The molecule has 0 bridgehead atoms. The maximum absolute atomic E-state index is 11.9. The van der Waals surface area contributed by atoms with Gasteiger partial charge < -0.3 is 15.0 Å². The fraction of sp³-hybridized carbons (Fsp3) is 0.923. The van der Waals surface area contributed by atoms with E-state index in [4.69, 9.17) is 4.74 Å². The zero-order chi connectivity index (χ0) is 13.1. The van der Waals surface area contributed by atoms with Gasteiger partial charge in [-0.05, 0) is 52.6 Å². The highest BCUT2D eigenvalue weighted by atomic mass is 16.6. The lowest BCUT2D eigenvalue weighted by Gasteiger charge is -2.37. The Kier molecular flexibility index (Phi) is 4.80. The summed E-state index contributed by atoms with van der Waals surface area (Å²) in [4.78, 5) is 13.7. The molecule has 1 saturated heterocycles. The molecular formula is C13H26N2O2. The van der Waals surface area contributed by atoms with Crippen LogP contribution in [0.2, 0.25) is 0 Å². The molecule has 0 aromatic rings. The summed E-state index contributed by atoms with van der Waals surface area (Å²) in [6.45, 7) is 10.6. The molecular weight excluding hydrogens is 216 g/mol. The molecule has 0 aromatic heterocycles. The maximum Gasteiger partial charge on any atom is 0.410 e. The Morgan fingerprint density at radius 2 is 2.12 bits per heavy atom. The molecule has 2 unspecified atom stereocenters. The fourth-order valence-electron chi connectivity index (χ4n) is 2.25. The van der Waals surface area contributed by atoms with Gasteiger partial charge in [0, 0.05) is 13.1 Å². The van der Waals surface area contributed by atoms with Gasteiger partial charge >= 0.3 is 6.09 Å². The number of rotatable bonds is 2. The average Bonchev–Trinajstić information content (AvgIpc) is 2.18. The topological polar surface area (TPSA) is 41.6 Å². The lowest BCUT2D eigenvalue weighted by atomic mass is 9.87. The van der Waals surface area contributed by atoms with Crippen LogP contribution in [0.5, 0.6) is 0 Å². The van der Waals surface area contributed by atoms with Crippen LogP contribution in [-0.4, -0.2) is 43.3 Å². The SMILES string of the molecule is CNCC1CCN(C(=O)OC(C)(C)C)CC1C. The van der Waals surface area contributed by atoms with Crippen molar-refractivity contribution in [2.45, 2.75) is 39.7 Å². The van der Waals surface area contributed by atoms with Crippen molar-refractivity contribution in [1.29, 1.82) is 0 Å². The number of likely N-dealkylation sites (tertiary alicyclic amines) is 1. The molecule has 0 aromatic carbocycles. The molecule has 2 atom stereocenters. The number of carbonyl (C=O) groups is 1. The third kappa shape index (κ3) is 4.54. The van der Waals surface area contributed by atoms with Crippen LogP contribution in [0.25, 0.3) is 0 Å². The van der Waals surface area contributed by atoms with Gasteiger partial charge in [-0.1, -0.05) is 6.92 Å². The largest absolute Gasteiger partial charge is 0.444 e. The summed E-state index contributed by atoms with van der Waals surface area (Å²) in [5, 5.41) is 3.22. The summed E-state index contributed by atoms with van der Waals surface area (Å²) in [5.41, 5.74) is -0.401. The Labute approximate surface area is 105 Å². The van der Waals surface area contributed by atoms with Crippen LogP contribution in [0.1, 0.15) is 34.1 Å². The second-order valence-electron chi connectivity index (χ2n) is 6.01. The molecule has 0 aliphatic carbocycles. The van der Waals surface area contributed by atoms with Crippen LogP contribution < -0.4 is 5.32 Å². The fourth-order valence-corrected chi connectivity index (χ4v) is 2.25. The lowest BCUT2D eigenvalue weighted by Crippen LogP contribution is -2.46. The molecule has 1 rings (SSSR count). The van der Waals surface area contributed by atoms with Crippen LogP contribution in [0, 0.1) is 11.8 Å². The van der Waals surface area contributed by atoms with E-state index in [-0.39, 0.29) is 6.09 Å². The molecule has 4 nitrogen and oxygen atoms in total. The van der Waals surface area contributed by atoms with E-state index < -0.39 is 5.60 Å². The van der Waals surface area contributed by atoms with E-state index in [2.05, 4.69) is 12.2 Å². The lowest BCUT2D eigenvalue weighted by molar-refractivity contribution is 0.0118. The van der Waals surface area contributed by atoms with Gasteiger partial charge in [-0.25, -0.2) is 4.79 Å². The summed E-state index contributed by atoms with van der Waals surface area (Å²) in [5.74, 6) is 1.20. The summed E-state index contributed by atoms with van der Waals surface area (Å²) < 4.78 is 5.39. The van der Waals surface area contributed by atoms with Crippen molar-refractivity contribution in [3.8, 4) is 0 Å². The number of piperidine rings is 1. The molecule has 1 aliphatic rings. The molecule has 1 heterocycles. The minimum Gasteiger partial charge on any atom is -0.444 e. The van der Waals surface area contributed by atoms with Crippen LogP contribution in [-0.2, 0) is 4.74 Å². The van der Waals surface area contributed by atoms with Gasteiger partial charge in [-0.3, -0.25) is 0 Å². The predicted molar refractivity (Wildman–Crippen MR) is 69.0 cm³/mol. The number of ether oxygens (including phenoxy) is 1. The van der Waals surface area contributed by atoms with Crippen LogP contribution in [0.4, 0.5) is 4.79 Å². The summed E-state index contributed by atoms with van der Waals surface area (Å²) in [7, 11) is 1.98. The van der Waals surface area contributed by atoms with Crippen LogP contribution >= 0.6 is 0 Å². The van der Waals surface area contributed by atoms with Crippen molar-refractivity contribution in [2.24, 2.45) is 11.8 Å². The normalized spacial score (nSPS) is 25.8. The number of carbonyl (C=O) groups excluding carboxylic acids is 1. The molecule has 0 spiro atoms. The Balaban J connectivity index is 2.46. The molecule has 17 heavy (non-hydrogen) atoms. The molecule has 0 radical (unpaired) electrons. The molecule has 1 amide bonds. The summed E-state index contributed by atoms with van der Waals surface area (Å²) >= 11 is 0. The highest BCUT2D eigenvalue weighted by molar-refractivity contribution is 5.68. The number of hydrogen-bond acceptors (Lipinski definition) is 3. The van der Waals surface area contributed by atoms with Crippen molar-refractivity contribution < 1.29 is 9.53 Å². The van der Waals surface area contributed by atoms with Crippen LogP contribution in [0.3, 0.4) is 0 Å². The van der Waals surface area contributed by atoms with E-state index in [1.807, 2.05) is 32.7 Å². The molecule has 1 aliphatic heterocycles. The van der Waals surface area contributed by atoms with E-state index in [9.17, 15) is 4.79 Å². The van der Waals surface area contributed by atoms with Gasteiger partial charge in [0.25, 0.3) is 0 Å². The van der Waals surface area contributed by atoms with Crippen molar-refractivity contribution in [2.75, 3.05) is 26.7 Å². The van der Waals surface area contributed by atoms with Gasteiger partial charge in [-0.2, -0.15) is 0 Å². The first-order valence-electron chi connectivity index (χ1n) is 6.46. The number of nitrogens with zero attached hydrogens (tertiary/aromatic N) is 1. The van der Waals surface area contributed by atoms with Gasteiger partial charge in [-0.15, -0.1) is 0 Å². The average molecular weight is 242 g/mol. The third-order valence-corrected chi connectivity index (χ3v) is 3.20. The number of amides is 1. The smallest absolute Gasteiger partial charge is 0.410 e. The summed E-state index contributed by atoms with van der Waals surface area (Å²) in [6, 6.07) is 0. The van der Waals surface area contributed by atoms with Gasteiger partial charge in [0.2, 0.25) is 0 Å². The first-order valence-corrected chi connectivity index (χ1v) is 6.46. The Bertz CT molecular complexity index is 261. The van der Waals surface area contributed by atoms with Crippen LogP contribution in [0.15, 0.2) is 0 Å². The third-order valence-electron chi connectivity index (χ3n) is 3.20. The van der Waals surface area contributed by atoms with E-state index in [0.29, 0.717) is 11.8 Å². The summed E-state index contributed by atoms with van der Waals surface area (Å²) in [6.07, 6.45) is 0.883. The highest BCUT2D eigenvalue weighted by Gasteiger charge is 2.30. The first-order chi connectivity index (χ1) is 7.83. The molecule has 1 fully saturated rings. The minimum absolute atomic E-state index is 0.174. The number of nitrogens with one attached hydrogen (secondary N) is 1. The Hall–Kier alpha value is -0.770. The van der Waals surface area contributed by atoms with Gasteiger partial charge in [0.05, 0.1) is 0 Å². The van der Waals surface area contributed by atoms with Crippen molar-refractivity contribution in [1.82, 2.24) is 10.2 Å². The monoisotopic (exact) mass is 242 g/mol. The van der Waals surface area contributed by atoms with E-state index in [0.717, 1.165) is 26.1 Å².